The number of nitrogens with zero attached hydrogens (tertiary/aromatic N) is 3. The van der Waals surface area contributed by atoms with E-state index in [1.54, 1.807) is 31.3 Å². The molecule has 0 saturated carbocycles. The number of benzene rings is 2. The normalized spacial score (nSPS) is 12.5. The highest BCUT2D eigenvalue weighted by Gasteiger charge is 2.36. The molecule has 0 amide bonds. The Morgan fingerprint density at radius 2 is 1.68 bits per heavy atom. The van der Waals surface area contributed by atoms with Crippen LogP contribution >= 0.6 is 0 Å². The zero-order chi connectivity index (χ0) is 22.6. The van der Waals surface area contributed by atoms with Crippen molar-refractivity contribution in [2.45, 2.75) is 18.8 Å². The van der Waals surface area contributed by atoms with Crippen LogP contribution in [0.1, 0.15) is 22.4 Å². The maximum Gasteiger partial charge on any atom is 0.416 e. The number of alkyl halides is 6. The van der Waals surface area contributed by atoms with Crippen molar-refractivity contribution in [3.63, 3.8) is 0 Å². The van der Waals surface area contributed by atoms with Crippen molar-refractivity contribution in [2.24, 2.45) is 4.99 Å². The van der Waals surface area contributed by atoms with Crippen molar-refractivity contribution in [3.05, 3.63) is 64.8 Å². The van der Waals surface area contributed by atoms with Crippen LogP contribution in [0.4, 0.5) is 26.3 Å². The Bertz CT molecular complexity index is 1040. The Morgan fingerprint density at radius 1 is 1.00 bits per heavy atom. The molecule has 0 spiro atoms. The lowest BCUT2D eigenvalue weighted by atomic mass is 10.0. The van der Waals surface area contributed by atoms with E-state index in [1.807, 2.05) is 0 Å². The summed E-state index contributed by atoms with van der Waals surface area (Å²) in [4.78, 5) is 3.89. The van der Waals surface area contributed by atoms with Gasteiger partial charge in [-0.25, -0.2) is 0 Å². The summed E-state index contributed by atoms with van der Waals surface area (Å²) in [6.45, 7) is -0.121. The molecule has 0 atom stereocenters. The maximum absolute atomic E-state index is 13.0. The number of hydrogen-bond acceptors (Lipinski definition) is 4. The fourth-order valence-electron chi connectivity index (χ4n) is 2.85. The number of halogens is 6. The lowest BCUT2D eigenvalue weighted by Gasteiger charge is -2.14. The van der Waals surface area contributed by atoms with Crippen LogP contribution in [0.15, 0.2) is 47.5 Å². The van der Waals surface area contributed by atoms with Gasteiger partial charge in [0.15, 0.2) is 0 Å². The maximum atomic E-state index is 13.0. The molecule has 11 heteroatoms. The number of rotatable bonds is 6. The third kappa shape index (κ3) is 5.62. The Kier molecular flexibility index (Phi) is 6.32. The fourth-order valence-corrected chi connectivity index (χ4v) is 2.85. The summed E-state index contributed by atoms with van der Waals surface area (Å²) < 4.78 is 83.4. The summed E-state index contributed by atoms with van der Waals surface area (Å²) >= 11 is 0. The monoisotopic (exact) mass is 442 g/mol. The van der Waals surface area contributed by atoms with Crippen molar-refractivity contribution in [2.75, 3.05) is 13.7 Å². The van der Waals surface area contributed by atoms with Gasteiger partial charge in [0.05, 0.1) is 17.7 Å². The van der Waals surface area contributed by atoms with Gasteiger partial charge in [-0.15, -0.1) is 5.10 Å². The molecule has 0 aliphatic rings. The Labute approximate surface area is 172 Å². The molecular weight excluding hydrogens is 426 g/mol. The quantitative estimate of drug-likeness (QED) is 0.423. The van der Waals surface area contributed by atoms with Gasteiger partial charge in [-0.2, -0.15) is 26.3 Å². The third-order valence-electron chi connectivity index (χ3n) is 4.25. The molecule has 3 rings (SSSR count). The first-order valence-corrected chi connectivity index (χ1v) is 8.92. The summed E-state index contributed by atoms with van der Waals surface area (Å²) in [6.07, 6.45) is -8.38. The second-order valence-corrected chi connectivity index (χ2v) is 6.50. The van der Waals surface area contributed by atoms with Gasteiger partial charge in [-0.1, -0.05) is 17.3 Å². The van der Waals surface area contributed by atoms with Gasteiger partial charge in [0.25, 0.3) is 0 Å². The van der Waals surface area contributed by atoms with E-state index in [2.05, 4.69) is 20.4 Å². The number of hydrogen-bond donors (Lipinski definition) is 1. The van der Waals surface area contributed by atoms with Crippen molar-refractivity contribution in [1.82, 2.24) is 15.4 Å². The fraction of sp³-hybridized carbons (Fsp3) is 0.250. The molecule has 0 radical (unpaired) electrons. The highest BCUT2D eigenvalue weighted by molar-refractivity contribution is 5.86. The minimum atomic E-state index is -4.89. The van der Waals surface area contributed by atoms with Gasteiger partial charge in [-0.3, -0.25) is 10.1 Å². The molecule has 0 fully saturated rings. The molecule has 164 valence electrons. The van der Waals surface area contributed by atoms with E-state index in [0.29, 0.717) is 34.8 Å². The molecule has 3 aromatic rings. The molecule has 1 aromatic heterocycles. The van der Waals surface area contributed by atoms with Crippen LogP contribution in [-0.4, -0.2) is 35.3 Å². The van der Waals surface area contributed by atoms with Crippen LogP contribution in [0.25, 0.3) is 11.3 Å². The zero-order valence-corrected chi connectivity index (χ0v) is 16.1. The van der Waals surface area contributed by atoms with Crippen LogP contribution in [0.3, 0.4) is 0 Å². The van der Waals surface area contributed by atoms with Crippen LogP contribution in [0, 0.1) is 0 Å². The Hall–Kier alpha value is -3.37. The lowest BCUT2D eigenvalue weighted by molar-refractivity contribution is -0.143. The molecule has 1 heterocycles. The lowest BCUT2D eigenvalue weighted by Crippen LogP contribution is -2.12. The van der Waals surface area contributed by atoms with Crippen molar-refractivity contribution < 1.29 is 31.1 Å². The number of aromatic nitrogens is 3. The average molecular weight is 442 g/mol. The second-order valence-electron chi connectivity index (χ2n) is 6.50. The number of nitrogens with one attached hydrogen (secondary N) is 1. The zero-order valence-electron chi connectivity index (χ0n) is 16.1. The van der Waals surface area contributed by atoms with E-state index in [-0.39, 0.29) is 24.7 Å². The minimum absolute atomic E-state index is 0.100. The summed E-state index contributed by atoms with van der Waals surface area (Å²) in [5.74, 6) is 0.378. The summed E-state index contributed by atoms with van der Waals surface area (Å²) in [5, 5.41) is 10.4. The van der Waals surface area contributed by atoms with E-state index in [0.717, 1.165) is 0 Å². The first-order valence-electron chi connectivity index (χ1n) is 8.92. The first-order chi connectivity index (χ1) is 14.6. The van der Waals surface area contributed by atoms with Crippen molar-refractivity contribution in [1.29, 1.82) is 0 Å². The molecule has 1 N–H and O–H groups in total. The average Bonchev–Trinajstić information content (AvgIpc) is 3.15. The second kappa shape index (κ2) is 8.78. The SMILES string of the molecule is C/N=C\c1[nH]nnc1-c1cccc(OCCc2cc(C(F)(F)F)cc(C(F)(F)F)c2)c1. The highest BCUT2D eigenvalue weighted by atomic mass is 19.4. The molecule has 0 bridgehead atoms. The number of H-pyrrole nitrogens is 1. The molecule has 31 heavy (non-hydrogen) atoms. The number of aromatic amines is 1. The predicted molar refractivity (Wildman–Crippen MR) is 101 cm³/mol. The van der Waals surface area contributed by atoms with E-state index in [4.69, 9.17) is 4.74 Å². The first kappa shape index (κ1) is 22.3. The van der Waals surface area contributed by atoms with E-state index >= 15 is 0 Å². The predicted octanol–water partition coefficient (Wildman–Crippen LogP) is 5.18. The van der Waals surface area contributed by atoms with Crippen LogP contribution in [0.2, 0.25) is 0 Å². The van der Waals surface area contributed by atoms with Gasteiger partial charge < -0.3 is 4.74 Å². The molecule has 0 aliphatic heterocycles. The van der Waals surface area contributed by atoms with E-state index in [1.165, 1.54) is 6.21 Å². The smallest absolute Gasteiger partial charge is 0.416 e. The molecule has 0 unspecified atom stereocenters. The van der Waals surface area contributed by atoms with Crippen molar-refractivity contribution in [3.8, 4) is 17.0 Å². The molecule has 5 nitrogen and oxygen atoms in total. The molecule has 0 aliphatic carbocycles. The molecule has 2 aromatic carbocycles. The van der Waals surface area contributed by atoms with Gasteiger partial charge >= 0.3 is 12.4 Å². The highest BCUT2D eigenvalue weighted by Crippen LogP contribution is 2.36. The topological polar surface area (TPSA) is 63.2 Å². The van der Waals surface area contributed by atoms with Crippen LogP contribution in [-0.2, 0) is 18.8 Å². The largest absolute Gasteiger partial charge is 0.493 e. The number of aliphatic imine (C=N–C) groups is 1. The van der Waals surface area contributed by atoms with Gasteiger partial charge in [-0.05, 0) is 35.9 Å². The summed E-state index contributed by atoms with van der Waals surface area (Å²) in [5.41, 5.74) is -1.09. The van der Waals surface area contributed by atoms with E-state index in [9.17, 15) is 26.3 Å². The molecule has 0 saturated heterocycles. The third-order valence-corrected chi connectivity index (χ3v) is 4.25. The summed E-state index contributed by atoms with van der Waals surface area (Å²) in [7, 11) is 1.59. The summed E-state index contributed by atoms with van der Waals surface area (Å²) in [6, 6.07) is 8.17. The van der Waals surface area contributed by atoms with Gasteiger partial charge in [0.1, 0.15) is 17.1 Å². The number of ether oxygens (including phenoxy) is 1. The molecular formula is C20H16F6N4O. The van der Waals surface area contributed by atoms with Crippen LogP contribution < -0.4 is 4.74 Å². The Morgan fingerprint density at radius 3 is 2.29 bits per heavy atom. The van der Waals surface area contributed by atoms with Gasteiger partial charge in [0, 0.05) is 25.2 Å². The minimum Gasteiger partial charge on any atom is -0.493 e. The Balaban J connectivity index is 1.75. The van der Waals surface area contributed by atoms with Crippen LogP contribution in [0.5, 0.6) is 5.75 Å². The van der Waals surface area contributed by atoms with E-state index < -0.39 is 23.5 Å². The van der Waals surface area contributed by atoms with Crippen molar-refractivity contribution >= 4 is 6.21 Å². The van der Waals surface area contributed by atoms with Gasteiger partial charge in [0.2, 0.25) is 0 Å². The standard InChI is InChI=1S/C20H16F6N4O/c1-27-11-17-18(29-30-28-17)13-3-2-4-16(9-13)31-6-5-12-7-14(19(21,22)23)10-15(8-12)20(24,25)26/h2-4,7-11H,5-6H2,1H3,(H,28,29,30)/b27-11-.